The predicted octanol–water partition coefficient (Wildman–Crippen LogP) is 3.70. The van der Waals surface area contributed by atoms with E-state index in [2.05, 4.69) is 5.32 Å². The summed E-state index contributed by atoms with van der Waals surface area (Å²) in [5.41, 5.74) is 0.547. The molecule has 0 fully saturated rings. The van der Waals surface area contributed by atoms with Gasteiger partial charge in [-0.05, 0) is 49.4 Å². The maximum absolute atomic E-state index is 13.5. The third kappa shape index (κ3) is 4.30. The number of anilines is 1. The second-order valence-corrected chi connectivity index (χ2v) is 4.98. The highest BCUT2D eigenvalue weighted by molar-refractivity contribution is 6.30. The quantitative estimate of drug-likeness (QED) is 0.854. The molecule has 0 radical (unpaired) electrons. The Labute approximate surface area is 131 Å². The van der Waals surface area contributed by atoms with Crippen molar-refractivity contribution in [3.05, 3.63) is 58.9 Å². The van der Waals surface area contributed by atoms with Gasteiger partial charge in [-0.15, -0.1) is 0 Å². The van der Waals surface area contributed by atoms with E-state index >= 15 is 0 Å². The number of ketones is 1. The van der Waals surface area contributed by atoms with E-state index in [1.54, 1.807) is 24.3 Å². The molecule has 4 nitrogen and oxygen atoms in total. The number of ether oxygens (including phenoxy) is 1. The first-order valence-corrected chi connectivity index (χ1v) is 6.82. The Balaban J connectivity index is 1.92. The van der Waals surface area contributed by atoms with Gasteiger partial charge in [-0.2, -0.15) is 0 Å². The van der Waals surface area contributed by atoms with Crippen LogP contribution in [0, 0.1) is 5.82 Å². The standard InChI is InChI=1S/C16H13ClFNO3/c1-10(20)11-2-5-13(6-3-11)22-9-16(21)19-15-8-12(17)4-7-14(15)18/h2-8H,9H2,1H3,(H,19,21). The van der Waals surface area contributed by atoms with Crippen LogP contribution in [0.5, 0.6) is 5.75 Å². The molecule has 1 N–H and O–H groups in total. The average Bonchev–Trinajstić information content (AvgIpc) is 2.49. The SMILES string of the molecule is CC(=O)c1ccc(OCC(=O)Nc2cc(Cl)ccc2F)cc1. The van der Waals surface area contributed by atoms with Crippen LogP contribution in [-0.4, -0.2) is 18.3 Å². The van der Waals surface area contributed by atoms with Crippen molar-refractivity contribution in [1.29, 1.82) is 0 Å². The van der Waals surface area contributed by atoms with Gasteiger partial charge >= 0.3 is 0 Å². The van der Waals surface area contributed by atoms with E-state index in [4.69, 9.17) is 16.3 Å². The summed E-state index contributed by atoms with van der Waals surface area (Å²) < 4.78 is 18.7. The Hall–Kier alpha value is -2.40. The molecule has 0 saturated heterocycles. The zero-order valence-corrected chi connectivity index (χ0v) is 12.5. The minimum atomic E-state index is -0.580. The lowest BCUT2D eigenvalue weighted by Crippen LogP contribution is -2.20. The second kappa shape index (κ2) is 7.04. The highest BCUT2D eigenvalue weighted by Gasteiger charge is 2.08. The molecule has 6 heteroatoms. The molecule has 22 heavy (non-hydrogen) atoms. The van der Waals surface area contributed by atoms with Crippen molar-refractivity contribution in [1.82, 2.24) is 0 Å². The first-order chi connectivity index (χ1) is 10.5. The first-order valence-electron chi connectivity index (χ1n) is 6.44. The zero-order chi connectivity index (χ0) is 16.1. The molecule has 0 heterocycles. The van der Waals surface area contributed by atoms with Crippen molar-refractivity contribution in [3.8, 4) is 5.75 Å². The summed E-state index contributed by atoms with van der Waals surface area (Å²) in [6.45, 7) is 1.17. The van der Waals surface area contributed by atoms with Crippen LogP contribution < -0.4 is 10.1 Å². The predicted molar refractivity (Wildman–Crippen MR) is 82.0 cm³/mol. The third-order valence-electron chi connectivity index (χ3n) is 2.83. The Morgan fingerprint density at radius 1 is 1.18 bits per heavy atom. The van der Waals surface area contributed by atoms with E-state index < -0.39 is 11.7 Å². The Kier molecular flexibility index (Phi) is 5.12. The van der Waals surface area contributed by atoms with Crippen LogP contribution in [-0.2, 0) is 4.79 Å². The zero-order valence-electron chi connectivity index (χ0n) is 11.7. The normalized spacial score (nSPS) is 10.1. The molecule has 2 aromatic rings. The molecule has 0 bridgehead atoms. The van der Waals surface area contributed by atoms with E-state index in [9.17, 15) is 14.0 Å². The van der Waals surface area contributed by atoms with Crippen molar-refractivity contribution >= 4 is 29.0 Å². The van der Waals surface area contributed by atoms with Gasteiger partial charge < -0.3 is 10.1 Å². The van der Waals surface area contributed by atoms with Gasteiger partial charge in [-0.25, -0.2) is 4.39 Å². The van der Waals surface area contributed by atoms with Crippen LogP contribution in [0.4, 0.5) is 10.1 Å². The van der Waals surface area contributed by atoms with Crippen LogP contribution in [0.2, 0.25) is 5.02 Å². The first kappa shape index (κ1) is 16.0. The summed E-state index contributed by atoms with van der Waals surface area (Å²) in [5, 5.41) is 2.69. The summed E-state index contributed by atoms with van der Waals surface area (Å²) in [4.78, 5) is 22.9. The second-order valence-electron chi connectivity index (χ2n) is 4.54. The lowest BCUT2D eigenvalue weighted by molar-refractivity contribution is -0.118. The number of Topliss-reactive ketones (excluding diaryl/α,β-unsaturated/α-hetero) is 1. The molecular formula is C16H13ClFNO3. The van der Waals surface area contributed by atoms with Crippen LogP contribution in [0.15, 0.2) is 42.5 Å². The summed E-state index contributed by atoms with van der Waals surface area (Å²) in [6, 6.07) is 10.3. The van der Waals surface area contributed by atoms with Gasteiger partial charge in [0.15, 0.2) is 12.4 Å². The molecule has 1 amide bonds. The number of carbonyl (C=O) groups is 2. The van der Waals surface area contributed by atoms with Gasteiger partial charge in [-0.1, -0.05) is 11.6 Å². The van der Waals surface area contributed by atoms with E-state index in [0.29, 0.717) is 16.3 Å². The summed E-state index contributed by atoms with van der Waals surface area (Å²) in [7, 11) is 0. The molecule has 0 atom stereocenters. The molecule has 0 spiro atoms. The fraction of sp³-hybridized carbons (Fsp3) is 0.125. The highest BCUT2D eigenvalue weighted by Crippen LogP contribution is 2.19. The Bertz CT molecular complexity index is 701. The fourth-order valence-corrected chi connectivity index (χ4v) is 1.89. The van der Waals surface area contributed by atoms with Gasteiger partial charge in [-0.3, -0.25) is 9.59 Å². The maximum atomic E-state index is 13.5. The molecule has 0 aliphatic rings. The van der Waals surface area contributed by atoms with E-state index in [1.807, 2.05) is 0 Å². The summed E-state index contributed by atoms with van der Waals surface area (Å²) in [6.07, 6.45) is 0. The van der Waals surface area contributed by atoms with Crippen LogP contribution in [0.3, 0.4) is 0 Å². The molecule has 0 saturated carbocycles. The van der Waals surface area contributed by atoms with Crippen molar-refractivity contribution in [2.24, 2.45) is 0 Å². The minimum absolute atomic E-state index is 0.00646. The molecule has 2 rings (SSSR count). The van der Waals surface area contributed by atoms with E-state index in [1.165, 1.54) is 25.1 Å². The Morgan fingerprint density at radius 3 is 2.50 bits per heavy atom. The molecule has 114 valence electrons. The summed E-state index contributed by atoms with van der Waals surface area (Å²) in [5.74, 6) is -0.715. The number of nitrogens with one attached hydrogen (secondary N) is 1. The van der Waals surface area contributed by atoms with Gasteiger partial charge in [0.05, 0.1) is 5.69 Å². The van der Waals surface area contributed by atoms with Gasteiger partial charge in [0, 0.05) is 10.6 Å². The number of hydrogen-bond acceptors (Lipinski definition) is 3. The summed E-state index contributed by atoms with van der Waals surface area (Å²) >= 11 is 5.74. The van der Waals surface area contributed by atoms with Gasteiger partial charge in [0.25, 0.3) is 5.91 Å². The van der Waals surface area contributed by atoms with Crippen molar-refractivity contribution in [2.45, 2.75) is 6.92 Å². The lowest BCUT2D eigenvalue weighted by Gasteiger charge is -2.09. The molecular weight excluding hydrogens is 309 g/mol. The molecule has 0 aliphatic carbocycles. The highest BCUT2D eigenvalue weighted by atomic mass is 35.5. The Morgan fingerprint density at radius 2 is 1.86 bits per heavy atom. The number of carbonyl (C=O) groups excluding carboxylic acids is 2. The van der Waals surface area contributed by atoms with Crippen LogP contribution in [0.25, 0.3) is 0 Å². The van der Waals surface area contributed by atoms with Crippen LogP contribution >= 0.6 is 11.6 Å². The topological polar surface area (TPSA) is 55.4 Å². The van der Waals surface area contributed by atoms with Gasteiger partial charge in [0.2, 0.25) is 0 Å². The average molecular weight is 322 g/mol. The van der Waals surface area contributed by atoms with Gasteiger partial charge in [0.1, 0.15) is 11.6 Å². The van der Waals surface area contributed by atoms with Crippen LogP contribution in [0.1, 0.15) is 17.3 Å². The third-order valence-corrected chi connectivity index (χ3v) is 3.07. The van der Waals surface area contributed by atoms with E-state index in [-0.39, 0.29) is 18.1 Å². The molecule has 0 aromatic heterocycles. The monoisotopic (exact) mass is 321 g/mol. The lowest BCUT2D eigenvalue weighted by atomic mass is 10.1. The number of hydrogen-bond donors (Lipinski definition) is 1. The molecule has 0 aliphatic heterocycles. The van der Waals surface area contributed by atoms with Crippen molar-refractivity contribution in [3.63, 3.8) is 0 Å². The number of benzene rings is 2. The van der Waals surface area contributed by atoms with E-state index in [0.717, 1.165) is 0 Å². The van der Waals surface area contributed by atoms with Crippen molar-refractivity contribution < 1.29 is 18.7 Å². The number of amides is 1. The smallest absolute Gasteiger partial charge is 0.262 e. The molecule has 0 unspecified atom stereocenters. The molecule has 2 aromatic carbocycles. The van der Waals surface area contributed by atoms with Crippen molar-refractivity contribution in [2.75, 3.05) is 11.9 Å². The minimum Gasteiger partial charge on any atom is -0.484 e. The fourth-order valence-electron chi connectivity index (χ4n) is 1.71. The number of rotatable bonds is 5. The number of halogens is 2. The largest absolute Gasteiger partial charge is 0.484 e. The maximum Gasteiger partial charge on any atom is 0.262 e.